The highest BCUT2D eigenvalue weighted by Gasteiger charge is 2.17. The van der Waals surface area contributed by atoms with Gasteiger partial charge in [-0.05, 0) is 31.0 Å². The number of nitrogens with zero attached hydrogens (tertiary/aromatic N) is 2. The summed E-state index contributed by atoms with van der Waals surface area (Å²) >= 11 is 0. The topological polar surface area (TPSA) is 56.0 Å². The van der Waals surface area contributed by atoms with Crippen LogP contribution in [0.4, 0.5) is 0 Å². The molecule has 5 nitrogen and oxygen atoms in total. The van der Waals surface area contributed by atoms with Gasteiger partial charge in [-0.15, -0.1) is 0 Å². The number of imidazole rings is 1. The van der Waals surface area contributed by atoms with E-state index in [1.54, 1.807) is 9.13 Å². The highest BCUT2D eigenvalue weighted by molar-refractivity contribution is 5.81. The van der Waals surface area contributed by atoms with Crippen LogP contribution in [0.3, 0.4) is 0 Å². The zero-order valence-corrected chi connectivity index (χ0v) is 15.3. The van der Waals surface area contributed by atoms with E-state index in [-0.39, 0.29) is 24.2 Å². The minimum absolute atomic E-state index is 0.0272. The lowest BCUT2D eigenvalue weighted by atomic mass is 10.0. The molecule has 5 heteroatoms. The number of hydrogen-bond donors (Lipinski definition) is 1. The summed E-state index contributed by atoms with van der Waals surface area (Å²) in [5, 5.41) is 3.09. The maximum atomic E-state index is 12.7. The second-order valence-corrected chi connectivity index (χ2v) is 6.42. The van der Waals surface area contributed by atoms with Crippen LogP contribution >= 0.6 is 0 Å². The highest BCUT2D eigenvalue weighted by atomic mass is 16.2. The van der Waals surface area contributed by atoms with Crippen LogP contribution in [0, 0.1) is 0 Å². The molecule has 0 aliphatic heterocycles. The van der Waals surface area contributed by atoms with E-state index in [0.29, 0.717) is 6.54 Å². The molecule has 1 heterocycles. The Hall–Kier alpha value is -2.82. The molecule has 1 aromatic heterocycles. The zero-order chi connectivity index (χ0) is 18.5. The van der Waals surface area contributed by atoms with Crippen LogP contribution in [0.1, 0.15) is 38.3 Å². The Morgan fingerprint density at radius 1 is 0.962 bits per heavy atom. The summed E-state index contributed by atoms with van der Waals surface area (Å²) in [4.78, 5) is 25.4. The van der Waals surface area contributed by atoms with E-state index >= 15 is 0 Å². The molecule has 0 bridgehead atoms. The second kappa shape index (κ2) is 8.04. The smallest absolute Gasteiger partial charge is 0.329 e. The molecule has 26 heavy (non-hydrogen) atoms. The molecule has 3 rings (SSSR count). The summed E-state index contributed by atoms with van der Waals surface area (Å²) in [6.45, 7) is 4.64. The quantitative estimate of drug-likeness (QED) is 0.708. The van der Waals surface area contributed by atoms with Gasteiger partial charge >= 0.3 is 5.69 Å². The number of amides is 1. The molecular formula is C21H25N3O2. The molecule has 3 aromatic rings. The molecule has 136 valence electrons. The number of aryl methyl sites for hydroxylation is 1. The average molecular weight is 351 g/mol. The van der Waals surface area contributed by atoms with Gasteiger partial charge in [-0.2, -0.15) is 0 Å². The first-order chi connectivity index (χ1) is 12.7. The van der Waals surface area contributed by atoms with E-state index in [9.17, 15) is 9.59 Å². The Balaban J connectivity index is 1.85. The fraction of sp³-hybridized carbons (Fsp3) is 0.333. The van der Waals surface area contributed by atoms with Crippen molar-refractivity contribution >= 4 is 16.9 Å². The van der Waals surface area contributed by atoms with E-state index in [1.807, 2.05) is 61.5 Å². The first kappa shape index (κ1) is 18.0. The molecule has 0 aliphatic rings. The number of para-hydroxylation sites is 2. The van der Waals surface area contributed by atoms with Gasteiger partial charge in [-0.1, -0.05) is 55.8 Å². The minimum Gasteiger partial charge on any atom is -0.348 e. The number of carbonyl (C=O) groups is 1. The number of fused-ring (bicyclic) bond motifs is 1. The van der Waals surface area contributed by atoms with Crippen molar-refractivity contribution < 1.29 is 4.79 Å². The minimum atomic E-state index is -0.145. The van der Waals surface area contributed by atoms with Crippen molar-refractivity contribution in [1.82, 2.24) is 14.5 Å². The Morgan fingerprint density at radius 3 is 2.19 bits per heavy atom. The maximum absolute atomic E-state index is 12.7. The SMILES string of the molecule is CCCC(NC(=O)Cn1c(=O)n(CC)c2ccccc21)c1ccccc1. The van der Waals surface area contributed by atoms with E-state index in [0.717, 1.165) is 29.4 Å². The van der Waals surface area contributed by atoms with Crippen molar-refractivity contribution in [2.75, 3.05) is 0 Å². The molecular weight excluding hydrogens is 326 g/mol. The third kappa shape index (κ3) is 3.57. The third-order valence-corrected chi connectivity index (χ3v) is 4.66. The summed E-state index contributed by atoms with van der Waals surface area (Å²) in [6, 6.07) is 17.5. The van der Waals surface area contributed by atoms with Crippen molar-refractivity contribution in [3.8, 4) is 0 Å². The molecule has 1 amide bonds. The highest BCUT2D eigenvalue weighted by Crippen LogP contribution is 2.18. The van der Waals surface area contributed by atoms with Crippen molar-refractivity contribution in [2.24, 2.45) is 0 Å². The number of rotatable bonds is 7. The average Bonchev–Trinajstić information content (AvgIpc) is 2.93. The van der Waals surface area contributed by atoms with E-state index in [4.69, 9.17) is 0 Å². The van der Waals surface area contributed by atoms with Crippen molar-refractivity contribution in [3.63, 3.8) is 0 Å². The van der Waals surface area contributed by atoms with Crippen LogP contribution in [0.25, 0.3) is 11.0 Å². The van der Waals surface area contributed by atoms with Crippen LogP contribution in [0.15, 0.2) is 59.4 Å². The molecule has 1 unspecified atom stereocenters. The molecule has 1 atom stereocenters. The molecule has 0 saturated carbocycles. The summed E-state index contributed by atoms with van der Waals surface area (Å²) < 4.78 is 3.26. The third-order valence-electron chi connectivity index (χ3n) is 4.66. The second-order valence-electron chi connectivity index (χ2n) is 6.42. The molecule has 0 fully saturated rings. The number of benzene rings is 2. The lowest BCUT2D eigenvalue weighted by Crippen LogP contribution is -2.35. The standard InChI is InChI=1S/C21H25N3O2/c1-3-10-17(16-11-6-5-7-12-16)22-20(25)15-24-19-14-9-8-13-18(19)23(4-2)21(24)26/h5-9,11-14,17H,3-4,10,15H2,1-2H3,(H,22,25). The first-order valence-electron chi connectivity index (χ1n) is 9.18. The lowest BCUT2D eigenvalue weighted by molar-refractivity contribution is -0.122. The summed E-state index contributed by atoms with van der Waals surface area (Å²) in [5.74, 6) is -0.145. The molecule has 0 radical (unpaired) electrons. The molecule has 0 aliphatic carbocycles. The largest absolute Gasteiger partial charge is 0.348 e. The van der Waals surface area contributed by atoms with Crippen molar-refractivity contribution in [3.05, 3.63) is 70.6 Å². The first-order valence-corrected chi connectivity index (χ1v) is 9.18. The molecule has 0 saturated heterocycles. The summed E-state index contributed by atoms with van der Waals surface area (Å²) in [5.41, 5.74) is 2.60. The van der Waals surface area contributed by atoms with Gasteiger partial charge in [-0.25, -0.2) is 4.79 Å². The Bertz CT molecular complexity index is 941. The number of aromatic nitrogens is 2. The van der Waals surface area contributed by atoms with E-state index < -0.39 is 0 Å². The van der Waals surface area contributed by atoms with Gasteiger partial charge in [0.25, 0.3) is 0 Å². The Morgan fingerprint density at radius 2 is 1.58 bits per heavy atom. The van der Waals surface area contributed by atoms with Crippen LogP contribution < -0.4 is 11.0 Å². The summed E-state index contributed by atoms with van der Waals surface area (Å²) in [7, 11) is 0. The molecule has 0 spiro atoms. The Labute approximate surface area is 153 Å². The van der Waals surface area contributed by atoms with Gasteiger partial charge in [0.05, 0.1) is 17.1 Å². The molecule has 2 aromatic carbocycles. The van der Waals surface area contributed by atoms with Crippen molar-refractivity contribution in [2.45, 2.75) is 45.8 Å². The van der Waals surface area contributed by atoms with Gasteiger partial charge in [-0.3, -0.25) is 13.9 Å². The number of hydrogen-bond acceptors (Lipinski definition) is 2. The lowest BCUT2D eigenvalue weighted by Gasteiger charge is -2.18. The van der Waals surface area contributed by atoms with Crippen LogP contribution in [0.2, 0.25) is 0 Å². The van der Waals surface area contributed by atoms with Gasteiger partial charge in [0.2, 0.25) is 5.91 Å². The zero-order valence-electron chi connectivity index (χ0n) is 15.3. The van der Waals surface area contributed by atoms with Gasteiger partial charge in [0.1, 0.15) is 6.54 Å². The number of carbonyl (C=O) groups excluding carboxylic acids is 1. The van der Waals surface area contributed by atoms with E-state index in [1.165, 1.54) is 0 Å². The summed E-state index contributed by atoms with van der Waals surface area (Å²) in [6.07, 6.45) is 1.83. The van der Waals surface area contributed by atoms with Crippen LogP contribution in [-0.2, 0) is 17.9 Å². The predicted octanol–water partition coefficient (Wildman–Crippen LogP) is 3.48. The Kier molecular flexibility index (Phi) is 5.56. The normalized spacial score (nSPS) is 12.2. The van der Waals surface area contributed by atoms with E-state index in [2.05, 4.69) is 12.2 Å². The van der Waals surface area contributed by atoms with Crippen molar-refractivity contribution in [1.29, 1.82) is 0 Å². The fourth-order valence-electron chi connectivity index (χ4n) is 3.41. The van der Waals surface area contributed by atoms with Crippen LogP contribution in [-0.4, -0.2) is 15.0 Å². The van der Waals surface area contributed by atoms with Gasteiger partial charge in [0, 0.05) is 6.54 Å². The molecule has 1 N–H and O–H groups in total. The van der Waals surface area contributed by atoms with Gasteiger partial charge < -0.3 is 5.32 Å². The maximum Gasteiger partial charge on any atom is 0.329 e. The van der Waals surface area contributed by atoms with Gasteiger partial charge in [0.15, 0.2) is 0 Å². The predicted molar refractivity (Wildman–Crippen MR) is 104 cm³/mol. The van der Waals surface area contributed by atoms with Crippen LogP contribution in [0.5, 0.6) is 0 Å². The monoisotopic (exact) mass is 351 g/mol. The fourth-order valence-corrected chi connectivity index (χ4v) is 3.41. The number of nitrogens with one attached hydrogen (secondary N) is 1.